The van der Waals surface area contributed by atoms with Crippen LogP contribution < -0.4 is 0 Å². The topological polar surface area (TPSA) is 9.23 Å². The first-order valence-corrected chi connectivity index (χ1v) is 7.02. The second-order valence-corrected chi connectivity index (χ2v) is 5.41. The molecule has 90 valence electrons. The zero-order valence-corrected chi connectivity index (χ0v) is 11.0. The van der Waals surface area contributed by atoms with Gasteiger partial charge in [0.2, 0.25) is 0 Å². The highest BCUT2D eigenvalue weighted by molar-refractivity contribution is 7.59. The van der Waals surface area contributed by atoms with E-state index in [9.17, 15) is 0 Å². The van der Waals surface area contributed by atoms with Crippen LogP contribution in [0.1, 0.15) is 5.56 Å². The SMILES string of the molecule is C=CC(COP(C=C)C=C)Cc1ccccc1. The van der Waals surface area contributed by atoms with Gasteiger partial charge in [-0.05, 0) is 23.6 Å². The molecule has 0 fully saturated rings. The molecular weight excluding hydrogens is 227 g/mol. The van der Waals surface area contributed by atoms with Crippen LogP contribution in [0.25, 0.3) is 0 Å². The van der Waals surface area contributed by atoms with Gasteiger partial charge < -0.3 is 4.52 Å². The molecule has 1 aromatic carbocycles. The molecule has 1 nitrogen and oxygen atoms in total. The van der Waals surface area contributed by atoms with Gasteiger partial charge in [0, 0.05) is 5.92 Å². The molecule has 0 saturated carbocycles. The summed E-state index contributed by atoms with van der Waals surface area (Å²) in [6.45, 7) is 12.0. The lowest BCUT2D eigenvalue weighted by atomic mass is 10.0. The molecule has 0 radical (unpaired) electrons. The Morgan fingerprint density at radius 3 is 2.29 bits per heavy atom. The Balaban J connectivity index is 2.46. The molecule has 1 rings (SSSR count). The largest absolute Gasteiger partial charge is 0.350 e. The van der Waals surface area contributed by atoms with Crippen molar-refractivity contribution in [1.82, 2.24) is 0 Å². The molecule has 0 spiro atoms. The standard InChI is InChI=1S/C15H19OP/c1-4-14(13-16-17(5-2)6-3)12-15-10-8-7-9-11-15/h4-11,14H,1-3,12-13H2. The predicted octanol–water partition coefficient (Wildman–Crippen LogP) is 4.73. The van der Waals surface area contributed by atoms with Crippen LogP contribution in [-0.2, 0) is 10.9 Å². The average Bonchev–Trinajstić information content (AvgIpc) is 2.39. The van der Waals surface area contributed by atoms with Crippen LogP contribution in [-0.4, -0.2) is 6.61 Å². The van der Waals surface area contributed by atoms with Crippen molar-refractivity contribution >= 4 is 8.15 Å². The smallest absolute Gasteiger partial charge is 0.0757 e. The fourth-order valence-electron chi connectivity index (χ4n) is 1.49. The molecule has 0 heterocycles. The Bertz CT molecular complexity index is 350. The van der Waals surface area contributed by atoms with E-state index < -0.39 is 8.15 Å². The summed E-state index contributed by atoms with van der Waals surface area (Å²) in [6, 6.07) is 10.4. The lowest BCUT2D eigenvalue weighted by Crippen LogP contribution is -2.07. The molecule has 1 unspecified atom stereocenters. The Labute approximate surface area is 105 Å². The van der Waals surface area contributed by atoms with Crippen LogP contribution in [0.15, 0.2) is 67.8 Å². The number of hydrogen-bond acceptors (Lipinski definition) is 1. The van der Waals surface area contributed by atoms with Gasteiger partial charge in [-0.3, -0.25) is 0 Å². The Morgan fingerprint density at radius 1 is 1.12 bits per heavy atom. The van der Waals surface area contributed by atoms with Gasteiger partial charge in [0.05, 0.1) is 14.8 Å². The van der Waals surface area contributed by atoms with Gasteiger partial charge in [0.15, 0.2) is 0 Å². The van der Waals surface area contributed by atoms with Crippen LogP contribution in [0.4, 0.5) is 0 Å². The molecule has 17 heavy (non-hydrogen) atoms. The molecule has 0 aliphatic rings. The summed E-state index contributed by atoms with van der Waals surface area (Å²) in [7, 11) is -0.689. The lowest BCUT2D eigenvalue weighted by Gasteiger charge is -2.15. The van der Waals surface area contributed by atoms with E-state index in [-0.39, 0.29) is 0 Å². The van der Waals surface area contributed by atoms with E-state index in [0.717, 1.165) is 6.42 Å². The highest BCUT2D eigenvalue weighted by Crippen LogP contribution is 2.39. The zero-order chi connectivity index (χ0) is 12.5. The second kappa shape index (κ2) is 8.00. The molecule has 1 atom stereocenters. The van der Waals surface area contributed by atoms with E-state index >= 15 is 0 Å². The minimum atomic E-state index is -0.689. The Morgan fingerprint density at radius 2 is 1.76 bits per heavy atom. The van der Waals surface area contributed by atoms with E-state index in [0.29, 0.717) is 12.5 Å². The lowest BCUT2D eigenvalue weighted by molar-refractivity contribution is 0.309. The minimum Gasteiger partial charge on any atom is -0.350 e. The molecule has 0 amide bonds. The molecule has 2 heteroatoms. The van der Waals surface area contributed by atoms with Gasteiger partial charge in [-0.15, -0.1) is 6.58 Å². The van der Waals surface area contributed by atoms with Crippen LogP contribution in [0.5, 0.6) is 0 Å². The van der Waals surface area contributed by atoms with E-state index in [1.54, 1.807) is 0 Å². The van der Waals surface area contributed by atoms with Gasteiger partial charge in [-0.25, -0.2) is 0 Å². The van der Waals surface area contributed by atoms with Crippen LogP contribution in [0.3, 0.4) is 0 Å². The Hall–Kier alpha value is -1.17. The van der Waals surface area contributed by atoms with Crippen molar-refractivity contribution in [2.45, 2.75) is 6.42 Å². The Kier molecular flexibility index (Phi) is 6.54. The first-order valence-electron chi connectivity index (χ1n) is 5.63. The first kappa shape index (κ1) is 13.9. The van der Waals surface area contributed by atoms with E-state index in [2.05, 4.69) is 44.0 Å². The molecule has 0 aromatic heterocycles. The van der Waals surface area contributed by atoms with Gasteiger partial charge >= 0.3 is 0 Å². The molecule has 1 aromatic rings. The third kappa shape index (κ3) is 5.12. The van der Waals surface area contributed by atoms with Gasteiger partial charge in [-0.2, -0.15) is 0 Å². The summed E-state index contributed by atoms with van der Waals surface area (Å²) in [5.74, 6) is 3.96. The van der Waals surface area contributed by atoms with Crippen molar-refractivity contribution < 1.29 is 4.52 Å². The van der Waals surface area contributed by atoms with Crippen molar-refractivity contribution in [3.63, 3.8) is 0 Å². The third-order valence-corrected chi connectivity index (χ3v) is 3.64. The average molecular weight is 246 g/mol. The summed E-state index contributed by atoms with van der Waals surface area (Å²) in [5, 5.41) is 0. The van der Waals surface area contributed by atoms with Crippen LogP contribution in [0, 0.1) is 5.92 Å². The first-order chi connectivity index (χ1) is 8.30. The molecule has 0 bridgehead atoms. The molecule has 0 N–H and O–H groups in total. The summed E-state index contributed by atoms with van der Waals surface area (Å²) in [4.78, 5) is 0. The maximum atomic E-state index is 5.72. The highest BCUT2D eigenvalue weighted by Gasteiger charge is 2.08. The van der Waals surface area contributed by atoms with Gasteiger partial charge in [0.1, 0.15) is 0 Å². The fraction of sp³-hybridized carbons (Fsp3) is 0.200. The normalized spacial score (nSPS) is 12.1. The van der Waals surface area contributed by atoms with Gasteiger partial charge in [-0.1, -0.05) is 49.6 Å². The van der Waals surface area contributed by atoms with Crippen molar-refractivity contribution in [1.29, 1.82) is 0 Å². The van der Waals surface area contributed by atoms with Gasteiger partial charge in [0.25, 0.3) is 0 Å². The number of hydrogen-bond donors (Lipinski definition) is 0. The van der Waals surface area contributed by atoms with Crippen molar-refractivity contribution in [2.75, 3.05) is 6.61 Å². The monoisotopic (exact) mass is 246 g/mol. The molecule has 0 saturated heterocycles. The summed E-state index contributed by atoms with van der Waals surface area (Å²) < 4.78 is 5.72. The maximum absolute atomic E-state index is 5.72. The van der Waals surface area contributed by atoms with E-state index in [1.165, 1.54) is 5.56 Å². The second-order valence-electron chi connectivity index (χ2n) is 3.71. The maximum Gasteiger partial charge on any atom is 0.0757 e. The van der Waals surface area contributed by atoms with E-state index in [1.807, 2.05) is 23.8 Å². The molecule has 0 aliphatic carbocycles. The minimum absolute atomic E-state index is 0.335. The van der Waals surface area contributed by atoms with Crippen molar-refractivity contribution in [2.24, 2.45) is 5.92 Å². The highest BCUT2D eigenvalue weighted by atomic mass is 31.1. The van der Waals surface area contributed by atoms with Crippen molar-refractivity contribution in [3.8, 4) is 0 Å². The van der Waals surface area contributed by atoms with Crippen LogP contribution >= 0.6 is 8.15 Å². The zero-order valence-electron chi connectivity index (χ0n) is 10.1. The fourth-order valence-corrected chi connectivity index (χ4v) is 2.21. The predicted molar refractivity (Wildman–Crippen MR) is 77.1 cm³/mol. The summed E-state index contributed by atoms with van der Waals surface area (Å²) >= 11 is 0. The number of rotatable bonds is 8. The molecular formula is C15H19OP. The van der Waals surface area contributed by atoms with Crippen LogP contribution in [0.2, 0.25) is 0 Å². The summed E-state index contributed by atoms with van der Waals surface area (Å²) in [5.41, 5.74) is 1.31. The van der Waals surface area contributed by atoms with E-state index in [4.69, 9.17) is 4.52 Å². The quantitative estimate of drug-likeness (QED) is 0.476. The number of benzene rings is 1. The summed E-state index contributed by atoms with van der Waals surface area (Å²) in [6.07, 6.45) is 2.91. The third-order valence-electron chi connectivity index (χ3n) is 2.47. The van der Waals surface area contributed by atoms with Crippen molar-refractivity contribution in [3.05, 3.63) is 73.3 Å². The molecule has 0 aliphatic heterocycles.